The van der Waals surface area contributed by atoms with Gasteiger partial charge in [-0.25, -0.2) is 0 Å². The van der Waals surface area contributed by atoms with Crippen molar-refractivity contribution in [2.24, 2.45) is 14.1 Å². The van der Waals surface area contributed by atoms with Crippen molar-refractivity contribution in [2.75, 3.05) is 5.73 Å². The molecule has 0 atom stereocenters. The average molecular weight is 240 g/mol. The molecule has 2 heterocycles. The Morgan fingerprint density at radius 2 is 1.89 bits per heavy atom. The van der Waals surface area contributed by atoms with E-state index in [1.165, 1.54) is 10.9 Å². The van der Waals surface area contributed by atoms with E-state index in [4.69, 9.17) is 5.73 Å². The lowest BCUT2D eigenvalue weighted by atomic mass is 10.1. The van der Waals surface area contributed by atoms with Crippen molar-refractivity contribution >= 4 is 16.7 Å². The monoisotopic (exact) mass is 240 g/mol. The van der Waals surface area contributed by atoms with Crippen molar-refractivity contribution in [3.8, 4) is 11.1 Å². The highest BCUT2D eigenvalue weighted by Crippen LogP contribution is 2.35. The van der Waals surface area contributed by atoms with Crippen LogP contribution in [0.2, 0.25) is 0 Å². The Balaban J connectivity index is 2.39. The van der Waals surface area contributed by atoms with Crippen molar-refractivity contribution in [3.63, 3.8) is 0 Å². The normalized spacial score (nSPS) is 11.3. The molecule has 0 saturated carbocycles. The van der Waals surface area contributed by atoms with Crippen LogP contribution in [0, 0.1) is 6.92 Å². The number of nitrogen functional groups attached to an aromatic ring is 1. The summed E-state index contributed by atoms with van der Waals surface area (Å²) in [5.74, 6) is 0.712. The van der Waals surface area contributed by atoms with Crippen LogP contribution in [0.4, 0.5) is 5.82 Å². The zero-order chi connectivity index (χ0) is 12.9. The molecule has 92 valence electrons. The standard InChI is InChI=1S/C14H16N4/c1-9-13(14(15)18(3)16-9)11-8-17(2)12-7-5-4-6-10(11)12/h4-8H,15H2,1-3H3. The van der Waals surface area contributed by atoms with Gasteiger partial charge in [-0.1, -0.05) is 18.2 Å². The van der Waals surface area contributed by atoms with E-state index in [0.717, 1.165) is 16.8 Å². The summed E-state index contributed by atoms with van der Waals surface area (Å²) in [6.45, 7) is 1.99. The number of anilines is 1. The van der Waals surface area contributed by atoms with Crippen LogP contribution in [-0.2, 0) is 14.1 Å². The van der Waals surface area contributed by atoms with Gasteiger partial charge in [-0.15, -0.1) is 0 Å². The summed E-state index contributed by atoms with van der Waals surface area (Å²) in [7, 11) is 3.92. The van der Waals surface area contributed by atoms with Gasteiger partial charge in [0.1, 0.15) is 5.82 Å². The van der Waals surface area contributed by atoms with E-state index in [-0.39, 0.29) is 0 Å². The molecular formula is C14H16N4. The maximum atomic E-state index is 6.13. The number of hydrogen-bond donors (Lipinski definition) is 1. The topological polar surface area (TPSA) is 48.8 Å². The Morgan fingerprint density at radius 1 is 1.17 bits per heavy atom. The highest BCUT2D eigenvalue weighted by atomic mass is 15.3. The summed E-state index contributed by atoms with van der Waals surface area (Å²) >= 11 is 0. The van der Waals surface area contributed by atoms with Crippen molar-refractivity contribution < 1.29 is 0 Å². The molecule has 3 aromatic rings. The van der Waals surface area contributed by atoms with E-state index in [1.54, 1.807) is 4.68 Å². The van der Waals surface area contributed by atoms with Crippen LogP contribution in [0.1, 0.15) is 5.69 Å². The molecule has 0 unspecified atom stereocenters. The number of aromatic nitrogens is 3. The van der Waals surface area contributed by atoms with Crippen LogP contribution in [-0.4, -0.2) is 14.3 Å². The first-order valence-electron chi connectivity index (χ1n) is 5.93. The second-order valence-electron chi connectivity index (χ2n) is 4.64. The van der Waals surface area contributed by atoms with Gasteiger partial charge in [0, 0.05) is 42.3 Å². The van der Waals surface area contributed by atoms with Gasteiger partial charge < -0.3 is 10.3 Å². The third-order valence-electron chi connectivity index (χ3n) is 3.43. The number of aryl methyl sites for hydroxylation is 3. The summed E-state index contributed by atoms with van der Waals surface area (Å²) < 4.78 is 3.85. The summed E-state index contributed by atoms with van der Waals surface area (Å²) in [4.78, 5) is 0. The molecule has 0 saturated heterocycles. The summed E-state index contributed by atoms with van der Waals surface area (Å²) in [5, 5.41) is 5.60. The summed E-state index contributed by atoms with van der Waals surface area (Å²) in [6.07, 6.45) is 2.12. The lowest BCUT2D eigenvalue weighted by Gasteiger charge is -2.00. The first-order valence-corrected chi connectivity index (χ1v) is 5.93. The predicted octanol–water partition coefficient (Wildman–Crippen LogP) is 2.47. The minimum atomic E-state index is 0.712. The van der Waals surface area contributed by atoms with Gasteiger partial charge in [0.25, 0.3) is 0 Å². The highest BCUT2D eigenvalue weighted by molar-refractivity contribution is 5.99. The Hall–Kier alpha value is -2.23. The minimum Gasteiger partial charge on any atom is -0.383 e. The molecule has 0 radical (unpaired) electrons. The van der Waals surface area contributed by atoms with Gasteiger partial charge in [-0.3, -0.25) is 4.68 Å². The van der Waals surface area contributed by atoms with Gasteiger partial charge in [0.15, 0.2) is 0 Å². The molecule has 0 fully saturated rings. The van der Waals surface area contributed by atoms with Crippen LogP contribution < -0.4 is 5.73 Å². The van der Waals surface area contributed by atoms with Crippen molar-refractivity contribution in [3.05, 3.63) is 36.2 Å². The van der Waals surface area contributed by atoms with Crippen LogP contribution in [0.5, 0.6) is 0 Å². The Labute approximate surface area is 106 Å². The molecule has 2 N–H and O–H groups in total. The second-order valence-corrected chi connectivity index (χ2v) is 4.64. The van der Waals surface area contributed by atoms with Gasteiger partial charge in [-0.05, 0) is 13.0 Å². The second kappa shape index (κ2) is 3.63. The zero-order valence-electron chi connectivity index (χ0n) is 10.8. The molecule has 0 aliphatic carbocycles. The smallest absolute Gasteiger partial charge is 0.129 e. The third kappa shape index (κ3) is 1.35. The average Bonchev–Trinajstić information content (AvgIpc) is 2.79. The van der Waals surface area contributed by atoms with Crippen molar-refractivity contribution in [1.29, 1.82) is 0 Å². The van der Waals surface area contributed by atoms with Gasteiger partial charge in [0.05, 0.1) is 5.69 Å². The van der Waals surface area contributed by atoms with Crippen LogP contribution in [0.3, 0.4) is 0 Å². The fraction of sp³-hybridized carbons (Fsp3) is 0.214. The number of nitrogens with two attached hydrogens (primary N) is 1. The molecule has 18 heavy (non-hydrogen) atoms. The number of para-hydroxylation sites is 1. The number of rotatable bonds is 1. The molecule has 0 bridgehead atoms. The molecule has 4 nitrogen and oxygen atoms in total. The number of fused-ring (bicyclic) bond motifs is 1. The first-order chi connectivity index (χ1) is 8.59. The van der Waals surface area contributed by atoms with Crippen LogP contribution in [0.25, 0.3) is 22.0 Å². The van der Waals surface area contributed by atoms with E-state index in [9.17, 15) is 0 Å². The number of nitrogens with zero attached hydrogens (tertiary/aromatic N) is 3. The van der Waals surface area contributed by atoms with Crippen molar-refractivity contribution in [1.82, 2.24) is 14.3 Å². The maximum absolute atomic E-state index is 6.13. The van der Waals surface area contributed by atoms with E-state index in [0.29, 0.717) is 5.82 Å². The zero-order valence-corrected chi connectivity index (χ0v) is 10.8. The summed E-state index contributed by atoms with van der Waals surface area (Å²) in [6, 6.07) is 8.33. The van der Waals surface area contributed by atoms with Crippen molar-refractivity contribution in [2.45, 2.75) is 6.92 Å². The molecule has 4 heteroatoms. The van der Waals surface area contributed by atoms with E-state index in [2.05, 4.69) is 28.0 Å². The van der Waals surface area contributed by atoms with Gasteiger partial charge >= 0.3 is 0 Å². The Kier molecular flexibility index (Phi) is 2.20. The highest BCUT2D eigenvalue weighted by Gasteiger charge is 2.16. The molecule has 0 amide bonds. The molecule has 0 aliphatic heterocycles. The Morgan fingerprint density at radius 3 is 2.56 bits per heavy atom. The predicted molar refractivity (Wildman–Crippen MR) is 74.3 cm³/mol. The molecule has 3 rings (SSSR count). The summed E-state index contributed by atoms with van der Waals surface area (Å²) in [5.41, 5.74) is 10.5. The molecular weight excluding hydrogens is 224 g/mol. The molecule has 2 aromatic heterocycles. The lowest BCUT2D eigenvalue weighted by molar-refractivity contribution is 0.767. The molecule has 0 spiro atoms. The van der Waals surface area contributed by atoms with Gasteiger partial charge in [0.2, 0.25) is 0 Å². The molecule has 1 aromatic carbocycles. The van der Waals surface area contributed by atoms with E-state index >= 15 is 0 Å². The first kappa shape index (κ1) is 10.9. The largest absolute Gasteiger partial charge is 0.383 e. The fourth-order valence-corrected chi connectivity index (χ4v) is 2.55. The lowest BCUT2D eigenvalue weighted by Crippen LogP contribution is -1.97. The number of hydrogen-bond acceptors (Lipinski definition) is 2. The van der Waals surface area contributed by atoms with E-state index in [1.807, 2.05) is 33.2 Å². The van der Waals surface area contributed by atoms with Crippen LogP contribution >= 0.6 is 0 Å². The quantitative estimate of drug-likeness (QED) is 0.710. The number of benzene rings is 1. The van der Waals surface area contributed by atoms with Gasteiger partial charge in [-0.2, -0.15) is 5.10 Å². The van der Waals surface area contributed by atoms with E-state index < -0.39 is 0 Å². The Bertz CT molecular complexity index is 734. The maximum Gasteiger partial charge on any atom is 0.129 e. The fourth-order valence-electron chi connectivity index (χ4n) is 2.55. The third-order valence-corrected chi connectivity index (χ3v) is 3.43. The van der Waals surface area contributed by atoms with Crippen LogP contribution in [0.15, 0.2) is 30.5 Å². The molecule has 0 aliphatic rings. The minimum absolute atomic E-state index is 0.712. The SMILES string of the molecule is Cc1nn(C)c(N)c1-c1cn(C)c2ccccc12.